The summed E-state index contributed by atoms with van der Waals surface area (Å²) in [5.41, 5.74) is 1.12. The second-order valence-corrected chi connectivity index (χ2v) is 3.59. The van der Waals surface area contributed by atoms with Gasteiger partial charge < -0.3 is 9.84 Å². The Labute approximate surface area is 94.5 Å². The molecule has 1 aliphatic rings. The molecule has 0 aromatic heterocycles. The van der Waals surface area contributed by atoms with E-state index in [-0.39, 0.29) is 24.7 Å². The molecule has 1 aliphatic heterocycles. The van der Waals surface area contributed by atoms with E-state index in [1.165, 1.54) is 0 Å². The molecule has 82 valence electrons. The Hall–Kier alpha value is -1.22. The molecule has 3 nitrogen and oxygen atoms in total. The Balaban J connectivity index is 0.00000112. The van der Waals surface area contributed by atoms with Crippen LogP contribution in [-0.2, 0) is 11.2 Å². The molecule has 0 fully saturated rings. The van der Waals surface area contributed by atoms with E-state index in [2.05, 4.69) is 0 Å². The zero-order valence-corrected chi connectivity index (χ0v) is 9.00. The van der Waals surface area contributed by atoms with Crippen molar-refractivity contribution in [2.24, 2.45) is 5.92 Å². The Kier molecular flexibility index (Phi) is 3.97. The number of fused-ring (bicyclic) bond motifs is 1. The van der Waals surface area contributed by atoms with E-state index < -0.39 is 5.97 Å². The fraction of sp³-hybridized carbons (Fsp3) is 0.364. The van der Waals surface area contributed by atoms with Gasteiger partial charge in [-0.2, -0.15) is 0 Å². The topological polar surface area (TPSA) is 46.5 Å². The van der Waals surface area contributed by atoms with Gasteiger partial charge in [-0.25, -0.2) is 0 Å². The molecule has 1 aromatic carbocycles. The summed E-state index contributed by atoms with van der Waals surface area (Å²) in [5.74, 6) is 0.259. The minimum Gasteiger partial charge on any atom is -0.493 e. The van der Waals surface area contributed by atoms with Gasteiger partial charge in [-0.1, -0.05) is 18.2 Å². The van der Waals surface area contributed by atoms with Crippen molar-refractivity contribution in [2.75, 3.05) is 6.61 Å². The Morgan fingerprint density at radius 2 is 2.20 bits per heavy atom. The lowest BCUT2D eigenvalue weighted by Gasteiger charge is -2.23. The van der Waals surface area contributed by atoms with Crippen LogP contribution in [0, 0.1) is 5.92 Å². The third-order valence-corrected chi connectivity index (χ3v) is 2.42. The van der Waals surface area contributed by atoms with Crippen LogP contribution in [0.4, 0.5) is 0 Å². The molecular weight excluding hydrogens is 216 g/mol. The number of rotatable bonds is 2. The van der Waals surface area contributed by atoms with Crippen LogP contribution in [0.15, 0.2) is 24.3 Å². The lowest BCUT2D eigenvalue weighted by molar-refractivity contribution is -0.138. The van der Waals surface area contributed by atoms with Gasteiger partial charge in [-0.15, -0.1) is 12.4 Å². The second kappa shape index (κ2) is 5.03. The van der Waals surface area contributed by atoms with Crippen molar-refractivity contribution >= 4 is 18.4 Å². The zero-order valence-electron chi connectivity index (χ0n) is 8.18. The first-order valence-electron chi connectivity index (χ1n) is 4.68. The van der Waals surface area contributed by atoms with E-state index in [4.69, 9.17) is 9.84 Å². The predicted molar refractivity (Wildman–Crippen MR) is 58.6 cm³/mol. The molecule has 1 unspecified atom stereocenters. The Bertz CT molecular complexity index is 351. The highest BCUT2D eigenvalue weighted by Gasteiger charge is 2.21. The maximum atomic E-state index is 10.5. The molecular formula is C11H13ClO3. The average Bonchev–Trinajstić information content (AvgIpc) is 2.17. The molecule has 0 radical (unpaired) electrons. The Morgan fingerprint density at radius 1 is 1.47 bits per heavy atom. The summed E-state index contributed by atoms with van der Waals surface area (Å²) in [6.45, 7) is 0.517. The lowest BCUT2D eigenvalue weighted by atomic mass is 9.94. The summed E-state index contributed by atoms with van der Waals surface area (Å²) < 4.78 is 5.47. The SMILES string of the molecule is Cl.O=C(O)CC1COc2ccccc2C1. The van der Waals surface area contributed by atoms with E-state index in [1.54, 1.807) is 0 Å². The van der Waals surface area contributed by atoms with Crippen LogP contribution in [0.5, 0.6) is 5.75 Å². The highest BCUT2D eigenvalue weighted by atomic mass is 35.5. The standard InChI is InChI=1S/C11H12O3.ClH/c12-11(13)6-8-5-9-3-1-2-4-10(9)14-7-8;/h1-4,8H,5-7H2,(H,12,13);1H. The number of hydrogen-bond donors (Lipinski definition) is 1. The summed E-state index contributed by atoms with van der Waals surface area (Å²) in [6, 6.07) is 7.79. The second-order valence-electron chi connectivity index (χ2n) is 3.59. The molecule has 4 heteroatoms. The summed E-state index contributed by atoms with van der Waals surface area (Å²) in [6.07, 6.45) is 0.997. The maximum Gasteiger partial charge on any atom is 0.303 e. The molecule has 15 heavy (non-hydrogen) atoms. The van der Waals surface area contributed by atoms with E-state index in [1.807, 2.05) is 24.3 Å². The number of benzene rings is 1. The largest absolute Gasteiger partial charge is 0.493 e. The molecule has 0 spiro atoms. The molecule has 0 saturated heterocycles. The summed E-state index contributed by atoms with van der Waals surface area (Å²) in [5, 5.41) is 8.66. The fourth-order valence-corrected chi connectivity index (χ4v) is 1.77. The normalized spacial score (nSPS) is 18.3. The number of carbonyl (C=O) groups is 1. The number of para-hydroxylation sites is 1. The van der Waals surface area contributed by atoms with E-state index >= 15 is 0 Å². The minimum absolute atomic E-state index is 0. The first-order chi connectivity index (χ1) is 6.75. The summed E-state index contributed by atoms with van der Waals surface area (Å²) >= 11 is 0. The molecule has 0 bridgehead atoms. The summed E-state index contributed by atoms with van der Waals surface area (Å²) in [7, 11) is 0. The number of halogens is 1. The van der Waals surface area contributed by atoms with Crippen molar-refractivity contribution in [3.8, 4) is 5.75 Å². The molecule has 0 aliphatic carbocycles. The third-order valence-electron chi connectivity index (χ3n) is 2.42. The molecule has 1 heterocycles. The van der Waals surface area contributed by atoms with Crippen molar-refractivity contribution in [1.82, 2.24) is 0 Å². The van der Waals surface area contributed by atoms with E-state index in [0.717, 1.165) is 17.7 Å². The van der Waals surface area contributed by atoms with Gasteiger partial charge in [0.1, 0.15) is 5.75 Å². The van der Waals surface area contributed by atoms with Crippen LogP contribution in [-0.4, -0.2) is 17.7 Å². The number of ether oxygens (including phenoxy) is 1. The number of carboxylic acids is 1. The lowest BCUT2D eigenvalue weighted by Crippen LogP contribution is -2.23. The van der Waals surface area contributed by atoms with Crippen LogP contribution in [0.2, 0.25) is 0 Å². The van der Waals surface area contributed by atoms with Crippen molar-refractivity contribution in [1.29, 1.82) is 0 Å². The molecule has 1 aromatic rings. The van der Waals surface area contributed by atoms with Gasteiger partial charge in [0.2, 0.25) is 0 Å². The average molecular weight is 229 g/mol. The van der Waals surface area contributed by atoms with Crippen LogP contribution in [0.1, 0.15) is 12.0 Å². The molecule has 1 atom stereocenters. The van der Waals surface area contributed by atoms with Gasteiger partial charge in [0.05, 0.1) is 13.0 Å². The fourth-order valence-electron chi connectivity index (χ4n) is 1.77. The van der Waals surface area contributed by atoms with Crippen molar-refractivity contribution in [3.05, 3.63) is 29.8 Å². The van der Waals surface area contributed by atoms with Crippen molar-refractivity contribution in [3.63, 3.8) is 0 Å². The smallest absolute Gasteiger partial charge is 0.303 e. The van der Waals surface area contributed by atoms with Crippen molar-refractivity contribution < 1.29 is 14.6 Å². The van der Waals surface area contributed by atoms with Gasteiger partial charge in [-0.3, -0.25) is 4.79 Å². The third kappa shape index (κ3) is 2.86. The summed E-state index contributed by atoms with van der Waals surface area (Å²) in [4.78, 5) is 10.5. The van der Waals surface area contributed by atoms with Gasteiger partial charge >= 0.3 is 5.97 Å². The van der Waals surface area contributed by atoms with E-state index in [9.17, 15) is 4.79 Å². The van der Waals surface area contributed by atoms with Crippen molar-refractivity contribution in [2.45, 2.75) is 12.8 Å². The van der Waals surface area contributed by atoms with Gasteiger partial charge in [0.25, 0.3) is 0 Å². The number of hydrogen-bond acceptors (Lipinski definition) is 2. The first kappa shape index (κ1) is 11.9. The Morgan fingerprint density at radius 3 is 2.93 bits per heavy atom. The maximum absolute atomic E-state index is 10.5. The minimum atomic E-state index is -0.752. The van der Waals surface area contributed by atoms with Crippen LogP contribution in [0.25, 0.3) is 0 Å². The first-order valence-corrected chi connectivity index (χ1v) is 4.68. The number of aliphatic carboxylic acids is 1. The van der Waals surface area contributed by atoms with E-state index in [0.29, 0.717) is 6.61 Å². The monoisotopic (exact) mass is 228 g/mol. The molecule has 0 saturated carbocycles. The highest BCUT2D eigenvalue weighted by molar-refractivity contribution is 5.85. The zero-order chi connectivity index (χ0) is 9.97. The number of carboxylic acid groups (broad SMARTS) is 1. The predicted octanol–water partition coefficient (Wildman–Crippen LogP) is 2.13. The quantitative estimate of drug-likeness (QED) is 0.844. The van der Waals surface area contributed by atoms with Gasteiger partial charge in [0, 0.05) is 5.92 Å². The van der Waals surface area contributed by atoms with Crippen LogP contribution in [0.3, 0.4) is 0 Å². The molecule has 0 amide bonds. The van der Waals surface area contributed by atoms with Gasteiger partial charge in [0.15, 0.2) is 0 Å². The molecule has 1 N–H and O–H groups in total. The van der Waals surface area contributed by atoms with Crippen LogP contribution < -0.4 is 4.74 Å². The molecule has 2 rings (SSSR count). The van der Waals surface area contributed by atoms with Crippen LogP contribution >= 0.6 is 12.4 Å². The van der Waals surface area contributed by atoms with Gasteiger partial charge in [-0.05, 0) is 18.1 Å². The highest BCUT2D eigenvalue weighted by Crippen LogP contribution is 2.27.